The average Bonchev–Trinajstić information content (AvgIpc) is 2.30. The van der Waals surface area contributed by atoms with Crippen LogP contribution in [0.3, 0.4) is 0 Å². The van der Waals surface area contributed by atoms with Crippen molar-refractivity contribution < 1.29 is 9.59 Å². The van der Waals surface area contributed by atoms with Crippen molar-refractivity contribution >= 4 is 11.7 Å². The van der Waals surface area contributed by atoms with Gasteiger partial charge in [-0.05, 0) is 12.5 Å². The Kier molecular flexibility index (Phi) is 9.40. The lowest BCUT2D eigenvalue weighted by Crippen LogP contribution is -2.19. The lowest BCUT2D eigenvalue weighted by molar-refractivity contribution is -0.124. The summed E-state index contributed by atoms with van der Waals surface area (Å²) in [4.78, 5) is 24.0. The van der Waals surface area contributed by atoms with Crippen molar-refractivity contribution in [2.24, 2.45) is 0 Å². The van der Waals surface area contributed by atoms with Crippen LogP contribution in [0.5, 0.6) is 0 Å². The maximum absolute atomic E-state index is 11.4. The summed E-state index contributed by atoms with van der Waals surface area (Å²) in [5.74, 6) is -0.0861. The lowest BCUT2D eigenvalue weighted by atomic mass is 10.1. The third-order valence-corrected chi connectivity index (χ3v) is 2.63. The van der Waals surface area contributed by atoms with Crippen LogP contribution in [-0.2, 0) is 9.59 Å². The van der Waals surface area contributed by atoms with Crippen LogP contribution >= 0.6 is 0 Å². The van der Waals surface area contributed by atoms with E-state index in [0.29, 0.717) is 6.42 Å². The highest BCUT2D eigenvalue weighted by atomic mass is 16.2. The van der Waals surface area contributed by atoms with Gasteiger partial charge in [0.15, 0.2) is 5.78 Å². The first kappa shape index (κ1) is 15.9. The van der Waals surface area contributed by atoms with Gasteiger partial charge in [0.2, 0.25) is 5.91 Å². The molecule has 0 aliphatic carbocycles. The van der Waals surface area contributed by atoms with Gasteiger partial charge in [0.1, 0.15) is 0 Å². The van der Waals surface area contributed by atoms with Crippen molar-refractivity contribution in [3.05, 3.63) is 12.2 Å². The normalized spacial score (nSPS) is 10.8. The minimum Gasteiger partial charge on any atom is -0.345 e. The fourth-order valence-electron chi connectivity index (χ4n) is 1.48. The molecule has 0 N–H and O–H groups in total. The molecule has 0 saturated carbocycles. The number of amides is 1. The molecule has 0 radical (unpaired) electrons. The minimum absolute atomic E-state index is 0.0516. The average molecular weight is 239 g/mol. The molecule has 1 amide bonds. The maximum atomic E-state index is 11.4. The Morgan fingerprint density at radius 1 is 0.941 bits per heavy atom. The van der Waals surface area contributed by atoms with Gasteiger partial charge >= 0.3 is 0 Å². The third kappa shape index (κ3) is 9.79. The lowest BCUT2D eigenvalue weighted by Gasteiger charge is -2.04. The fourth-order valence-corrected chi connectivity index (χ4v) is 1.48. The highest BCUT2D eigenvalue weighted by Crippen LogP contribution is 2.07. The zero-order valence-corrected chi connectivity index (χ0v) is 11.4. The smallest absolute Gasteiger partial charge is 0.246 e. The van der Waals surface area contributed by atoms with Gasteiger partial charge in [-0.15, -0.1) is 0 Å². The summed E-state index contributed by atoms with van der Waals surface area (Å²) in [5.41, 5.74) is 0. The molecule has 3 heteroatoms. The largest absolute Gasteiger partial charge is 0.345 e. The van der Waals surface area contributed by atoms with E-state index in [0.717, 1.165) is 12.8 Å². The molecule has 0 aromatic rings. The summed E-state index contributed by atoms with van der Waals surface area (Å²) in [7, 11) is 3.34. The second kappa shape index (κ2) is 10.1. The summed E-state index contributed by atoms with van der Waals surface area (Å²) in [6, 6.07) is 0. The number of unbranched alkanes of at least 4 members (excludes halogenated alkanes) is 5. The van der Waals surface area contributed by atoms with Crippen LogP contribution in [0.1, 0.15) is 51.9 Å². The zero-order valence-electron chi connectivity index (χ0n) is 11.4. The molecule has 0 bridgehead atoms. The molecule has 0 aliphatic rings. The van der Waals surface area contributed by atoms with Gasteiger partial charge in [0, 0.05) is 26.6 Å². The van der Waals surface area contributed by atoms with E-state index in [1.165, 1.54) is 42.7 Å². The SMILES string of the molecule is CCCCCCCCC(=O)C=CC(=O)N(C)C. The Hall–Kier alpha value is -1.12. The zero-order chi connectivity index (χ0) is 13.1. The number of carbonyl (C=O) groups is 2. The van der Waals surface area contributed by atoms with E-state index in [1.54, 1.807) is 14.1 Å². The van der Waals surface area contributed by atoms with Crippen LogP contribution in [0.4, 0.5) is 0 Å². The number of carbonyl (C=O) groups excluding carboxylic acids is 2. The number of hydrogen-bond donors (Lipinski definition) is 0. The summed E-state index contributed by atoms with van der Waals surface area (Å²) in [6.07, 6.45) is 10.3. The maximum Gasteiger partial charge on any atom is 0.246 e. The standard InChI is InChI=1S/C14H25NO2/c1-4-5-6-7-8-9-10-13(16)11-12-14(17)15(2)3/h11-12H,4-10H2,1-3H3. The van der Waals surface area contributed by atoms with E-state index in [-0.39, 0.29) is 11.7 Å². The molecule has 0 heterocycles. The van der Waals surface area contributed by atoms with Crippen molar-refractivity contribution in [1.82, 2.24) is 4.90 Å². The Labute approximate surface area is 105 Å². The molecule has 0 atom stereocenters. The van der Waals surface area contributed by atoms with Gasteiger partial charge in [0.05, 0.1) is 0 Å². The quantitative estimate of drug-likeness (QED) is 0.458. The number of likely N-dealkylation sites (N-methyl/N-ethyl adjacent to an activating group) is 1. The molecule has 0 unspecified atom stereocenters. The van der Waals surface area contributed by atoms with Gasteiger partial charge in [-0.3, -0.25) is 9.59 Å². The molecule has 0 fully saturated rings. The number of rotatable bonds is 9. The highest BCUT2D eigenvalue weighted by molar-refractivity contribution is 5.97. The van der Waals surface area contributed by atoms with Crippen molar-refractivity contribution in [3.8, 4) is 0 Å². The molecule has 0 rings (SSSR count). The van der Waals surface area contributed by atoms with Gasteiger partial charge < -0.3 is 4.90 Å². The Morgan fingerprint density at radius 3 is 2.12 bits per heavy atom. The van der Waals surface area contributed by atoms with E-state index in [9.17, 15) is 9.59 Å². The third-order valence-electron chi connectivity index (χ3n) is 2.63. The highest BCUT2D eigenvalue weighted by Gasteiger charge is 2.00. The van der Waals surface area contributed by atoms with Crippen LogP contribution in [-0.4, -0.2) is 30.7 Å². The summed E-state index contributed by atoms with van der Waals surface area (Å²) in [5, 5.41) is 0. The number of hydrogen-bond acceptors (Lipinski definition) is 2. The molecule has 17 heavy (non-hydrogen) atoms. The molecule has 98 valence electrons. The van der Waals surface area contributed by atoms with Crippen LogP contribution in [0, 0.1) is 0 Å². The molecule has 0 aromatic carbocycles. The van der Waals surface area contributed by atoms with Crippen LogP contribution in [0.2, 0.25) is 0 Å². The van der Waals surface area contributed by atoms with Gasteiger partial charge in [0.25, 0.3) is 0 Å². The van der Waals surface area contributed by atoms with Crippen molar-refractivity contribution in [1.29, 1.82) is 0 Å². The van der Waals surface area contributed by atoms with Gasteiger partial charge in [-0.1, -0.05) is 39.0 Å². The van der Waals surface area contributed by atoms with Gasteiger partial charge in [-0.2, -0.15) is 0 Å². The summed E-state index contributed by atoms with van der Waals surface area (Å²) < 4.78 is 0. The summed E-state index contributed by atoms with van der Waals surface area (Å²) >= 11 is 0. The number of allylic oxidation sites excluding steroid dienone is 1. The van der Waals surface area contributed by atoms with E-state index in [2.05, 4.69) is 6.92 Å². The summed E-state index contributed by atoms with van der Waals surface area (Å²) in [6.45, 7) is 2.19. The topological polar surface area (TPSA) is 37.4 Å². The Bertz CT molecular complexity index is 257. The van der Waals surface area contributed by atoms with E-state index in [4.69, 9.17) is 0 Å². The number of nitrogens with zero attached hydrogens (tertiary/aromatic N) is 1. The van der Waals surface area contributed by atoms with Crippen molar-refractivity contribution in [3.63, 3.8) is 0 Å². The predicted molar refractivity (Wildman–Crippen MR) is 70.8 cm³/mol. The molecule has 0 aliphatic heterocycles. The van der Waals surface area contributed by atoms with Crippen LogP contribution in [0.15, 0.2) is 12.2 Å². The van der Waals surface area contributed by atoms with E-state index in [1.807, 2.05) is 0 Å². The van der Waals surface area contributed by atoms with Crippen LogP contribution in [0.25, 0.3) is 0 Å². The van der Waals surface area contributed by atoms with Crippen LogP contribution < -0.4 is 0 Å². The second-order valence-corrected chi connectivity index (χ2v) is 4.55. The van der Waals surface area contributed by atoms with E-state index >= 15 is 0 Å². The molecule has 0 spiro atoms. The second-order valence-electron chi connectivity index (χ2n) is 4.55. The first-order chi connectivity index (χ1) is 8.07. The monoisotopic (exact) mass is 239 g/mol. The Balaban J connectivity index is 3.56. The molecule has 0 saturated heterocycles. The van der Waals surface area contributed by atoms with Crippen molar-refractivity contribution in [2.75, 3.05) is 14.1 Å². The first-order valence-electron chi connectivity index (χ1n) is 6.50. The first-order valence-corrected chi connectivity index (χ1v) is 6.50. The van der Waals surface area contributed by atoms with E-state index < -0.39 is 0 Å². The molecular weight excluding hydrogens is 214 g/mol. The predicted octanol–water partition coefficient (Wildman–Crippen LogP) is 2.95. The minimum atomic E-state index is -0.138. The number of ketones is 1. The Morgan fingerprint density at radius 2 is 1.53 bits per heavy atom. The van der Waals surface area contributed by atoms with Gasteiger partial charge in [-0.25, -0.2) is 0 Å². The molecule has 3 nitrogen and oxygen atoms in total. The fraction of sp³-hybridized carbons (Fsp3) is 0.714. The molecule has 0 aromatic heterocycles. The molecular formula is C14H25NO2. The van der Waals surface area contributed by atoms with Crippen molar-refractivity contribution in [2.45, 2.75) is 51.9 Å².